The number of amides is 1. The molecule has 0 fully saturated rings. The van der Waals surface area contributed by atoms with E-state index in [4.69, 9.17) is 5.11 Å². The molecule has 0 aromatic heterocycles. The largest absolute Gasteiger partial charge is 0.395 e. The summed E-state index contributed by atoms with van der Waals surface area (Å²) in [6.07, 6.45) is 22.5. The molecule has 1 amide bonds. The van der Waals surface area contributed by atoms with E-state index < -0.39 is 0 Å². The molecule has 0 heterocycles. The molecule has 0 aliphatic rings. The Labute approximate surface area is 175 Å². The summed E-state index contributed by atoms with van der Waals surface area (Å²) in [6, 6.07) is 0. The molecule has 0 bridgehead atoms. The topological polar surface area (TPSA) is 52.6 Å². The van der Waals surface area contributed by atoms with E-state index in [1.54, 1.807) is 6.08 Å². The monoisotopic (exact) mass is 396 g/mol. The van der Waals surface area contributed by atoms with E-state index in [1.807, 2.05) is 6.08 Å². The van der Waals surface area contributed by atoms with Crippen molar-refractivity contribution in [1.29, 1.82) is 0 Å². The molecule has 0 rings (SSSR count). The van der Waals surface area contributed by atoms with Crippen molar-refractivity contribution in [3.63, 3.8) is 0 Å². The van der Waals surface area contributed by atoms with Crippen LogP contribution >= 0.6 is 0 Å². The number of hydrogen-bond acceptors (Lipinski definition) is 3. The maximum absolute atomic E-state index is 11.7. The van der Waals surface area contributed by atoms with Gasteiger partial charge in [0.1, 0.15) is 0 Å². The first kappa shape index (κ1) is 27.1. The van der Waals surface area contributed by atoms with Crippen LogP contribution < -0.4 is 5.32 Å². The molecule has 0 atom stereocenters. The van der Waals surface area contributed by atoms with E-state index in [2.05, 4.69) is 24.1 Å². The van der Waals surface area contributed by atoms with Crippen molar-refractivity contribution < 1.29 is 9.90 Å². The lowest BCUT2D eigenvalue weighted by atomic mass is 10.0. The average molecular weight is 397 g/mol. The maximum Gasteiger partial charge on any atom is 0.243 e. The third-order valence-corrected chi connectivity index (χ3v) is 5.33. The Kier molecular flexibility index (Phi) is 21.7. The third kappa shape index (κ3) is 19.9. The van der Waals surface area contributed by atoms with Crippen molar-refractivity contribution >= 4 is 5.91 Å². The summed E-state index contributed by atoms with van der Waals surface area (Å²) in [5.74, 6) is -0.00487. The van der Waals surface area contributed by atoms with Crippen molar-refractivity contribution in [2.45, 2.75) is 104 Å². The maximum atomic E-state index is 11.7. The highest BCUT2D eigenvalue weighted by atomic mass is 16.3. The lowest BCUT2D eigenvalue weighted by Crippen LogP contribution is -2.35. The van der Waals surface area contributed by atoms with E-state index in [0.717, 1.165) is 19.5 Å². The van der Waals surface area contributed by atoms with E-state index >= 15 is 0 Å². The van der Waals surface area contributed by atoms with Gasteiger partial charge in [-0.25, -0.2) is 0 Å². The first-order valence-electron chi connectivity index (χ1n) is 12.0. The number of allylic oxidation sites excluding steroid dienone is 1. The summed E-state index contributed by atoms with van der Waals surface area (Å²) in [5, 5.41) is 11.8. The molecule has 0 spiro atoms. The van der Waals surface area contributed by atoms with Crippen LogP contribution in [-0.2, 0) is 4.79 Å². The molecule has 0 aliphatic heterocycles. The molecule has 0 aromatic rings. The predicted octanol–water partition coefficient (Wildman–Crippen LogP) is 5.45. The number of likely N-dealkylation sites (N-methyl/N-ethyl adjacent to an activating group) is 1. The zero-order valence-electron chi connectivity index (χ0n) is 18.9. The number of unbranched alkanes of at least 4 members (excludes halogenated alkanes) is 13. The van der Waals surface area contributed by atoms with Gasteiger partial charge in [0.05, 0.1) is 6.61 Å². The molecule has 0 unspecified atom stereocenters. The molecular weight excluding hydrogens is 348 g/mol. The number of nitrogens with zero attached hydrogens (tertiary/aromatic N) is 1. The fraction of sp³-hybridized carbons (Fsp3) is 0.875. The van der Waals surface area contributed by atoms with Gasteiger partial charge in [-0.2, -0.15) is 0 Å². The summed E-state index contributed by atoms with van der Waals surface area (Å²) in [7, 11) is 0. The lowest BCUT2D eigenvalue weighted by molar-refractivity contribution is -0.116. The number of hydrogen-bond donors (Lipinski definition) is 2. The van der Waals surface area contributed by atoms with Crippen LogP contribution in [0.25, 0.3) is 0 Å². The fourth-order valence-corrected chi connectivity index (χ4v) is 3.44. The van der Waals surface area contributed by atoms with Crippen molar-refractivity contribution in [3.8, 4) is 0 Å². The van der Waals surface area contributed by atoms with Crippen molar-refractivity contribution in [3.05, 3.63) is 12.2 Å². The molecule has 0 saturated carbocycles. The Hall–Kier alpha value is -0.870. The first-order valence-corrected chi connectivity index (χ1v) is 12.0. The van der Waals surface area contributed by atoms with Crippen LogP contribution in [0.15, 0.2) is 12.2 Å². The fourth-order valence-electron chi connectivity index (χ4n) is 3.44. The quantitative estimate of drug-likeness (QED) is 0.200. The van der Waals surface area contributed by atoms with Gasteiger partial charge in [0.2, 0.25) is 5.91 Å². The zero-order valence-corrected chi connectivity index (χ0v) is 18.9. The van der Waals surface area contributed by atoms with Gasteiger partial charge in [0.25, 0.3) is 0 Å². The van der Waals surface area contributed by atoms with Crippen molar-refractivity contribution in [2.75, 3.05) is 32.8 Å². The van der Waals surface area contributed by atoms with E-state index in [0.29, 0.717) is 13.1 Å². The predicted molar refractivity (Wildman–Crippen MR) is 122 cm³/mol. The molecule has 166 valence electrons. The Bertz CT molecular complexity index is 359. The Morgan fingerprint density at radius 1 is 0.821 bits per heavy atom. The minimum atomic E-state index is -0.00487. The van der Waals surface area contributed by atoms with Gasteiger partial charge in [-0.1, -0.05) is 97.0 Å². The molecular formula is C24H48N2O2. The van der Waals surface area contributed by atoms with Gasteiger partial charge in [-0.05, 0) is 25.5 Å². The van der Waals surface area contributed by atoms with Crippen molar-refractivity contribution in [1.82, 2.24) is 10.2 Å². The molecule has 2 N–H and O–H groups in total. The van der Waals surface area contributed by atoms with Gasteiger partial charge >= 0.3 is 0 Å². The molecule has 28 heavy (non-hydrogen) atoms. The van der Waals surface area contributed by atoms with Crippen LogP contribution in [0.5, 0.6) is 0 Å². The molecule has 0 aromatic carbocycles. The Balaban J connectivity index is 3.33. The smallest absolute Gasteiger partial charge is 0.243 e. The van der Waals surface area contributed by atoms with Gasteiger partial charge in [-0.3, -0.25) is 9.69 Å². The first-order chi connectivity index (χ1) is 13.7. The summed E-state index contributed by atoms with van der Waals surface area (Å²) in [4.78, 5) is 13.9. The summed E-state index contributed by atoms with van der Waals surface area (Å²) in [6.45, 7) is 7.49. The highest BCUT2D eigenvalue weighted by molar-refractivity contribution is 5.87. The standard InChI is InChI=1S/C24H48N2O2/c1-3-5-6-7-8-9-10-11-12-13-14-15-16-17-18-19-24(28)25-20-21-26(4-2)22-23-27/h18-19,27H,3-17,20-23H2,1-2H3,(H,25,28). The van der Waals surface area contributed by atoms with E-state index in [1.165, 1.54) is 83.5 Å². The highest BCUT2D eigenvalue weighted by Crippen LogP contribution is 2.12. The van der Waals surface area contributed by atoms with E-state index in [9.17, 15) is 4.79 Å². The number of aliphatic hydroxyl groups excluding tert-OH is 1. The molecule has 4 nitrogen and oxygen atoms in total. The number of aliphatic hydroxyl groups is 1. The highest BCUT2D eigenvalue weighted by Gasteiger charge is 2.01. The van der Waals surface area contributed by atoms with E-state index in [-0.39, 0.29) is 12.5 Å². The van der Waals surface area contributed by atoms with Crippen LogP contribution in [0.2, 0.25) is 0 Å². The molecule has 0 saturated heterocycles. The Morgan fingerprint density at radius 2 is 1.36 bits per heavy atom. The second-order valence-corrected chi connectivity index (χ2v) is 7.88. The Morgan fingerprint density at radius 3 is 1.86 bits per heavy atom. The molecule has 0 aliphatic carbocycles. The number of carbonyl (C=O) groups excluding carboxylic acids is 1. The third-order valence-electron chi connectivity index (χ3n) is 5.33. The van der Waals surface area contributed by atoms with Crippen LogP contribution in [0.4, 0.5) is 0 Å². The second kappa shape index (κ2) is 22.4. The van der Waals surface area contributed by atoms with Gasteiger partial charge in [0.15, 0.2) is 0 Å². The van der Waals surface area contributed by atoms with Crippen molar-refractivity contribution in [2.24, 2.45) is 0 Å². The average Bonchev–Trinajstić information content (AvgIpc) is 2.70. The second-order valence-electron chi connectivity index (χ2n) is 7.88. The minimum absolute atomic E-state index is 0.00487. The summed E-state index contributed by atoms with van der Waals surface area (Å²) < 4.78 is 0. The van der Waals surface area contributed by atoms with Gasteiger partial charge in [0, 0.05) is 19.6 Å². The van der Waals surface area contributed by atoms with Crippen LogP contribution in [-0.4, -0.2) is 48.7 Å². The lowest BCUT2D eigenvalue weighted by Gasteiger charge is -2.18. The summed E-state index contributed by atoms with van der Waals surface area (Å²) in [5.41, 5.74) is 0. The molecule has 0 radical (unpaired) electrons. The number of carbonyl (C=O) groups is 1. The van der Waals surface area contributed by atoms with Crippen LogP contribution in [0, 0.1) is 0 Å². The minimum Gasteiger partial charge on any atom is -0.395 e. The SMILES string of the molecule is CCCCCCCCCCCCCCCC=CC(=O)NCCN(CC)CCO. The molecule has 4 heteroatoms. The normalized spacial score (nSPS) is 11.6. The van der Waals surface area contributed by atoms with Crippen LogP contribution in [0.1, 0.15) is 104 Å². The van der Waals surface area contributed by atoms with Gasteiger partial charge < -0.3 is 10.4 Å². The zero-order chi connectivity index (χ0) is 20.7. The summed E-state index contributed by atoms with van der Waals surface area (Å²) >= 11 is 0. The number of rotatable bonds is 21. The van der Waals surface area contributed by atoms with Crippen LogP contribution in [0.3, 0.4) is 0 Å². The van der Waals surface area contributed by atoms with Gasteiger partial charge in [-0.15, -0.1) is 0 Å². The number of nitrogens with one attached hydrogen (secondary N) is 1.